The van der Waals surface area contributed by atoms with Gasteiger partial charge in [0.1, 0.15) is 59.9 Å². The number of rotatable bonds is 14. The lowest BCUT2D eigenvalue weighted by Gasteiger charge is -2.54. The van der Waals surface area contributed by atoms with E-state index in [4.69, 9.17) is 9.47 Å². The Labute approximate surface area is 644 Å². The summed E-state index contributed by atoms with van der Waals surface area (Å²) < 4.78 is 54.5. The van der Waals surface area contributed by atoms with E-state index in [0.29, 0.717) is 31.6 Å². The quantitative estimate of drug-likeness (QED) is 0.153. The van der Waals surface area contributed by atoms with E-state index in [-0.39, 0.29) is 134 Å². The molecule has 12 amide bonds. The van der Waals surface area contributed by atoms with Gasteiger partial charge in [0.25, 0.3) is 0 Å². The number of carbonyl (C=O) groups is 12. The number of hydrogen-bond donors (Lipinski definition) is 3. The molecule has 26 nitrogen and oxygen atoms in total. The van der Waals surface area contributed by atoms with Crippen molar-refractivity contribution in [1.29, 1.82) is 0 Å². The summed E-state index contributed by atoms with van der Waals surface area (Å²) in [5, 5.41) is 8.96. The molecule has 0 aromatic carbocycles. The van der Waals surface area contributed by atoms with Crippen molar-refractivity contribution in [1.82, 2.24) is 60.0 Å². The normalized spacial score (nSPS) is 32.6. The van der Waals surface area contributed by atoms with Crippen molar-refractivity contribution in [3.63, 3.8) is 0 Å². The highest BCUT2D eigenvalue weighted by atomic mass is 19.4. The summed E-state index contributed by atoms with van der Waals surface area (Å²) in [5.74, 6) is -10.1. The van der Waals surface area contributed by atoms with Crippen LogP contribution in [-0.4, -0.2) is 282 Å². The third kappa shape index (κ3) is 20.9. The molecule has 614 valence electrons. The third-order valence-electron chi connectivity index (χ3n) is 25.4. The van der Waals surface area contributed by atoms with E-state index in [1.807, 2.05) is 46.8 Å². The molecule has 0 aromatic heterocycles. The Hall–Kier alpha value is -6.91. The summed E-state index contributed by atoms with van der Waals surface area (Å²) in [6.45, 7) is 16.7. The topological polar surface area (TPSA) is 289 Å². The van der Waals surface area contributed by atoms with Crippen molar-refractivity contribution >= 4 is 70.9 Å². The Balaban J connectivity index is 1.22. The van der Waals surface area contributed by atoms with Gasteiger partial charge in [0.15, 0.2) is 0 Å². The van der Waals surface area contributed by atoms with Crippen molar-refractivity contribution in [2.24, 2.45) is 46.8 Å². The number of carbonyl (C=O) groups excluding carboxylic acids is 12. The predicted molar refractivity (Wildman–Crippen MR) is 403 cm³/mol. The molecule has 7 fully saturated rings. The zero-order valence-corrected chi connectivity index (χ0v) is 67.9. The molecule has 2 bridgehead atoms. The summed E-state index contributed by atoms with van der Waals surface area (Å²) in [4.78, 5) is 197. The van der Waals surface area contributed by atoms with Crippen LogP contribution in [0, 0.1) is 46.8 Å². The standard InChI is InChI=1S/C80H129F3N12O14/c1-17-87(10)71(101)61-43-65(97)89(12)59(39-48(3)4)68(98)85-66(51(7)109-18-2)75(105)93-38-24-28-58(93)73(103)90(13)57-27-20-19-23-37-94(74(57)104)62(41-52-31-29-49(5)30-32-52)72(102)88(11)45-64(96)84-56(36-34-53-33-35-55(80(81,82)83)63(42-53)108-16)70(100)95-44-50(6)40-60(95)69(99)86-79(46-78(8,9)47-79)77(107)92(15)67(76(106)91(61)14)54-25-21-22-26-54/h19-20,48-63,66-67H,17-18,21-47H2,1-16H3,(H,84,96)(H,85,98)(H,86,99)/b20-19-/t49?,50-,51+,52?,53?,55?,56-,57-,58-,59-,60-,61-,62-,63?,66-,67-/m0/s1. The first kappa shape index (κ1) is 87.7. The molecule has 4 aliphatic carbocycles. The number of nitrogens with one attached hydrogen (secondary N) is 3. The first-order valence-electron chi connectivity index (χ1n) is 40.5. The van der Waals surface area contributed by atoms with Crippen LogP contribution >= 0.6 is 0 Å². The summed E-state index contributed by atoms with van der Waals surface area (Å²) >= 11 is 0. The summed E-state index contributed by atoms with van der Waals surface area (Å²) in [5.41, 5.74) is -2.12. The maximum atomic E-state index is 15.9. The fourth-order valence-corrected chi connectivity index (χ4v) is 19.1. The van der Waals surface area contributed by atoms with Gasteiger partial charge in [-0.2, -0.15) is 13.2 Å². The van der Waals surface area contributed by atoms with Crippen LogP contribution in [0.3, 0.4) is 0 Å². The van der Waals surface area contributed by atoms with Crippen LogP contribution in [0.5, 0.6) is 0 Å². The fourth-order valence-electron chi connectivity index (χ4n) is 19.1. The van der Waals surface area contributed by atoms with Crippen LogP contribution in [-0.2, 0) is 67.0 Å². The van der Waals surface area contributed by atoms with Gasteiger partial charge in [-0.05, 0) is 164 Å². The van der Waals surface area contributed by atoms with Gasteiger partial charge in [-0.3, -0.25) is 57.5 Å². The van der Waals surface area contributed by atoms with E-state index in [1.165, 1.54) is 86.4 Å². The van der Waals surface area contributed by atoms with Gasteiger partial charge in [0.05, 0.1) is 31.1 Å². The number of alkyl halides is 3. The molecule has 3 unspecified atom stereocenters. The molecule has 14 atom stereocenters. The van der Waals surface area contributed by atoms with E-state index >= 15 is 47.9 Å². The van der Waals surface area contributed by atoms with Crippen LogP contribution in [0.4, 0.5) is 13.2 Å². The second kappa shape index (κ2) is 37.6. The SMILES string of the molecule is CCO[C@H](C)[C@@H]1NC(=O)[C@H](CC(C)C)N(C)C(=O)C[C@@H](C(=O)N(C)CC)N(C)C(=O)[C@H](C2CCCC2)N(C)C(=O)C2(CC(C)(C)C2)NC(=O)[C@@H]2C[C@H](C)CN2C(=O)[C@H](CCC2CCC(C(F)(F)F)C(OC)C2)NC(=O)CN(C)C(=O)[C@H](CC2CCC(C)CC2)N2CC/C=C\C[C@@H](C2=O)N(C)C(=O)[C@@H]2CCCN2C1=O. The van der Waals surface area contributed by atoms with Crippen LogP contribution < -0.4 is 16.0 Å². The highest BCUT2D eigenvalue weighted by Gasteiger charge is 2.60. The van der Waals surface area contributed by atoms with E-state index in [9.17, 15) is 22.8 Å². The monoisotopic (exact) mass is 1540 g/mol. The molecule has 3 saturated heterocycles. The Bertz CT molecular complexity index is 3280. The Kier molecular flexibility index (Phi) is 30.3. The summed E-state index contributed by atoms with van der Waals surface area (Å²) in [7, 11) is 10.1. The molecule has 4 saturated carbocycles. The molecule has 8 rings (SSSR count). The zero-order valence-electron chi connectivity index (χ0n) is 67.9. The van der Waals surface area contributed by atoms with E-state index in [1.54, 1.807) is 27.8 Å². The van der Waals surface area contributed by atoms with Gasteiger partial charge < -0.3 is 69.5 Å². The molecular formula is C80H129F3N12O14. The Morgan fingerprint density at radius 2 is 1.32 bits per heavy atom. The van der Waals surface area contributed by atoms with Crippen molar-refractivity contribution in [3.05, 3.63) is 12.2 Å². The maximum Gasteiger partial charge on any atom is 0.394 e. The number of halogens is 3. The average molecular weight is 1540 g/mol. The van der Waals surface area contributed by atoms with Gasteiger partial charge in [0, 0.05) is 82.2 Å². The molecule has 29 heteroatoms. The number of likely N-dealkylation sites (N-methyl/N-ethyl adjacent to an activating group) is 6. The number of ether oxygens (including phenoxy) is 2. The third-order valence-corrected chi connectivity index (χ3v) is 25.4. The van der Waals surface area contributed by atoms with Crippen molar-refractivity contribution in [2.45, 2.75) is 288 Å². The van der Waals surface area contributed by atoms with E-state index in [0.717, 1.165) is 38.5 Å². The van der Waals surface area contributed by atoms with E-state index in [2.05, 4.69) is 22.9 Å². The Morgan fingerprint density at radius 3 is 1.94 bits per heavy atom. The summed E-state index contributed by atoms with van der Waals surface area (Å²) in [6.07, 6.45) is 4.10. The highest BCUT2D eigenvalue weighted by molar-refractivity contribution is 6.01. The lowest BCUT2D eigenvalue weighted by Crippen LogP contribution is -2.71. The predicted octanol–water partition coefficient (Wildman–Crippen LogP) is 6.71. The van der Waals surface area contributed by atoms with Crippen LogP contribution in [0.15, 0.2) is 12.2 Å². The second-order valence-corrected chi connectivity index (χ2v) is 34.7. The van der Waals surface area contributed by atoms with Crippen molar-refractivity contribution in [2.75, 3.05) is 88.7 Å². The van der Waals surface area contributed by atoms with Gasteiger partial charge in [-0.25, -0.2) is 0 Å². The van der Waals surface area contributed by atoms with Gasteiger partial charge in [0.2, 0.25) is 70.9 Å². The molecule has 1 spiro atoms. The largest absolute Gasteiger partial charge is 0.394 e. The molecule has 4 aliphatic heterocycles. The van der Waals surface area contributed by atoms with E-state index < -0.39 is 179 Å². The van der Waals surface area contributed by atoms with Crippen LogP contribution in [0.2, 0.25) is 0 Å². The number of nitrogens with zero attached hydrogens (tertiary/aromatic N) is 9. The first-order valence-corrected chi connectivity index (χ1v) is 40.5. The molecule has 4 heterocycles. The second-order valence-electron chi connectivity index (χ2n) is 34.7. The molecule has 3 N–H and O–H groups in total. The molecular weight excluding hydrogens is 1410 g/mol. The van der Waals surface area contributed by atoms with Crippen LogP contribution in [0.25, 0.3) is 0 Å². The average Bonchev–Trinajstić information content (AvgIpc) is 1.42. The van der Waals surface area contributed by atoms with Crippen molar-refractivity contribution < 1.29 is 80.2 Å². The molecule has 0 radical (unpaired) electrons. The fraction of sp³-hybridized carbons (Fsp3) is 0.825. The van der Waals surface area contributed by atoms with Crippen molar-refractivity contribution in [3.8, 4) is 0 Å². The lowest BCUT2D eigenvalue weighted by atomic mass is 9.58. The number of fused-ring (bicyclic) bond motifs is 4. The Morgan fingerprint density at radius 1 is 0.661 bits per heavy atom. The molecule has 109 heavy (non-hydrogen) atoms. The minimum absolute atomic E-state index is 0.00330. The minimum Gasteiger partial charge on any atom is -0.381 e. The van der Waals surface area contributed by atoms with Crippen LogP contribution in [0.1, 0.15) is 210 Å². The lowest BCUT2D eigenvalue weighted by molar-refractivity contribution is -0.215. The number of methoxy groups -OCH3 is 1. The maximum absolute atomic E-state index is 15.9. The summed E-state index contributed by atoms with van der Waals surface area (Å²) in [6, 6.07) is -11.3. The zero-order chi connectivity index (χ0) is 80.5. The number of hydrogen-bond acceptors (Lipinski definition) is 14. The number of amides is 12. The molecule has 0 aromatic rings. The highest BCUT2D eigenvalue weighted by Crippen LogP contribution is 2.50. The van der Waals surface area contributed by atoms with Gasteiger partial charge in [-0.15, -0.1) is 0 Å². The minimum atomic E-state index is -4.51. The smallest absolute Gasteiger partial charge is 0.381 e. The first-order chi connectivity index (χ1) is 51.3. The van der Waals surface area contributed by atoms with Gasteiger partial charge in [-0.1, -0.05) is 92.2 Å². The molecule has 8 aliphatic rings. The van der Waals surface area contributed by atoms with Gasteiger partial charge >= 0.3 is 6.18 Å².